The van der Waals surface area contributed by atoms with Gasteiger partial charge in [-0.15, -0.1) is 0 Å². The summed E-state index contributed by atoms with van der Waals surface area (Å²) in [6, 6.07) is 5.64. The van der Waals surface area contributed by atoms with E-state index < -0.39 is 11.0 Å². The molecule has 21 heavy (non-hydrogen) atoms. The fourth-order valence-corrected chi connectivity index (χ4v) is 2.73. The lowest BCUT2D eigenvalue weighted by atomic mass is 9.89. The van der Waals surface area contributed by atoms with E-state index in [9.17, 15) is 14.9 Å². The minimum atomic E-state index is -0.483. The van der Waals surface area contributed by atoms with Crippen molar-refractivity contribution >= 4 is 11.6 Å². The summed E-state index contributed by atoms with van der Waals surface area (Å²) < 4.78 is 5.02. The first-order valence-corrected chi connectivity index (χ1v) is 6.83. The van der Waals surface area contributed by atoms with Crippen molar-refractivity contribution in [3.8, 4) is 0 Å². The molecule has 0 radical (unpaired) electrons. The molecule has 2 atom stereocenters. The normalized spacial score (nSPS) is 22.4. The highest BCUT2D eigenvalue weighted by Crippen LogP contribution is 2.35. The maximum absolute atomic E-state index is 12.2. The minimum absolute atomic E-state index is 0.00457. The van der Waals surface area contributed by atoms with Crippen LogP contribution in [0.15, 0.2) is 24.3 Å². The zero-order valence-electron chi connectivity index (χ0n) is 11.9. The van der Waals surface area contributed by atoms with Gasteiger partial charge in [-0.2, -0.15) is 0 Å². The van der Waals surface area contributed by atoms with Crippen molar-refractivity contribution in [3.63, 3.8) is 0 Å². The van der Waals surface area contributed by atoms with Crippen molar-refractivity contribution in [3.05, 3.63) is 39.9 Å². The molecule has 0 bridgehead atoms. The molecule has 1 heterocycles. The van der Waals surface area contributed by atoms with Crippen LogP contribution in [0.1, 0.15) is 24.4 Å². The highest BCUT2D eigenvalue weighted by Gasteiger charge is 2.37. The largest absolute Gasteiger partial charge is 0.383 e. The lowest BCUT2D eigenvalue weighted by molar-refractivity contribution is -0.386. The van der Waals surface area contributed by atoms with Crippen molar-refractivity contribution in [2.24, 2.45) is 5.73 Å². The Kier molecular flexibility index (Phi) is 4.87. The van der Waals surface area contributed by atoms with Crippen LogP contribution in [0, 0.1) is 10.1 Å². The summed E-state index contributed by atoms with van der Waals surface area (Å²) in [6.07, 6.45) is 0.890. The maximum Gasteiger partial charge on any atom is 0.274 e. The van der Waals surface area contributed by atoms with Gasteiger partial charge in [-0.05, 0) is 6.42 Å². The zero-order valence-corrected chi connectivity index (χ0v) is 11.9. The number of hydrogen-bond acceptors (Lipinski definition) is 5. The number of hydrogen-bond donors (Lipinski definition) is 1. The Balaban J connectivity index is 2.41. The average molecular weight is 293 g/mol. The van der Waals surface area contributed by atoms with E-state index in [-0.39, 0.29) is 17.6 Å². The molecule has 7 nitrogen and oxygen atoms in total. The van der Waals surface area contributed by atoms with Crippen molar-refractivity contribution in [1.29, 1.82) is 0 Å². The molecular formula is C14H19N3O4. The topological polar surface area (TPSA) is 98.7 Å². The smallest absolute Gasteiger partial charge is 0.274 e. The number of rotatable bonds is 5. The molecule has 2 unspecified atom stereocenters. The van der Waals surface area contributed by atoms with Gasteiger partial charge in [0.25, 0.3) is 5.69 Å². The van der Waals surface area contributed by atoms with Gasteiger partial charge < -0.3 is 15.4 Å². The summed E-state index contributed by atoms with van der Waals surface area (Å²) in [7, 11) is 1.55. The second kappa shape index (κ2) is 6.64. The monoisotopic (exact) mass is 293 g/mol. The minimum Gasteiger partial charge on any atom is -0.383 e. The molecule has 0 aliphatic carbocycles. The predicted molar refractivity (Wildman–Crippen MR) is 76.6 cm³/mol. The molecular weight excluding hydrogens is 274 g/mol. The van der Waals surface area contributed by atoms with Gasteiger partial charge in [0.05, 0.1) is 23.1 Å². The van der Waals surface area contributed by atoms with Gasteiger partial charge in [-0.3, -0.25) is 14.9 Å². The van der Waals surface area contributed by atoms with Crippen LogP contribution in [0.3, 0.4) is 0 Å². The second-order valence-electron chi connectivity index (χ2n) is 5.04. The van der Waals surface area contributed by atoms with Crippen LogP contribution < -0.4 is 5.73 Å². The molecule has 0 saturated carbocycles. The number of piperidine rings is 1. The summed E-state index contributed by atoms with van der Waals surface area (Å²) in [4.78, 5) is 24.5. The van der Waals surface area contributed by atoms with Crippen molar-refractivity contribution in [2.75, 3.05) is 20.3 Å². The van der Waals surface area contributed by atoms with Crippen molar-refractivity contribution in [2.45, 2.75) is 24.9 Å². The molecule has 0 aromatic heterocycles. The third kappa shape index (κ3) is 3.20. The van der Waals surface area contributed by atoms with E-state index in [1.54, 1.807) is 30.2 Å². The van der Waals surface area contributed by atoms with Gasteiger partial charge >= 0.3 is 0 Å². The lowest BCUT2D eigenvalue weighted by Gasteiger charge is -2.39. The van der Waals surface area contributed by atoms with Crippen molar-refractivity contribution < 1.29 is 14.5 Å². The van der Waals surface area contributed by atoms with Gasteiger partial charge in [0.15, 0.2) is 0 Å². The molecule has 1 aliphatic heterocycles. The van der Waals surface area contributed by atoms with E-state index in [4.69, 9.17) is 10.5 Å². The van der Waals surface area contributed by atoms with E-state index in [2.05, 4.69) is 0 Å². The Morgan fingerprint density at radius 1 is 1.48 bits per heavy atom. The molecule has 1 aromatic carbocycles. The number of amides is 1. The average Bonchev–Trinajstić information content (AvgIpc) is 2.48. The summed E-state index contributed by atoms with van der Waals surface area (Å²) in [5.74, 6) is -0.0445. The van der Waals surface area contributed by atoms with Crippen LogP contribution in [0.2, 0.25) is 0 Å². The summed E-state index contributed by atoms with van der Waals surface area (Å²) in [5.41, 5.74) is 6.63. The van der Waals surface area contributed by atoms with Gasteiger partial charge in [0.1, 0.15) is 0 Å². The second-order valence-corrected chi connectivity index (χ2v) is 5.04. The van der Waals surface area contributed by atoms with E-state index in [0.717, 1.165) is 0 Å². The first kappa shape index (κ1) is 15.4. The third-order valence-electron chi connectivity index (χ3n) is 3.74. The van der Waals surface area contributed by atoms with Crippen molar-refractivity contribution in [1.82, 2.24) is 4.90 Å². The molecule has 114 valence electrons. The number of likely N-dealkylation sites (tertiary alicyclic amines) is 1. The van der Waals surface area contributed by atoms with Crippen LogP contribution in [-0.2, 0) is 9.53 Å². The number of carbonyl (C=O) groups is 1. The highest BCUT2D eigenvalue weighted by atomic mass is 16.6. The van der Waals surface area contributed by atoms with Crippen LogP contribution in [0.4, 0.5) is 5.69 Å². The predicted octanol–water partition coefficient (Wildman–Crippen LogP) is 1.23. The molecule has 2 N–H and O–H groups in total. The van der Waals surface area contributed by atoms with E-state index in [1.807, 2.05) is 0 Å². The maximum atomic E-state index is 12.2. The molecule has 2 rings (SSSR count). The number of nitro groups is 1. The van der Waals surface area contributed by atoms with Gasteiger partial charge in [0, 0.05) is 32.2 Å². The molecule has 1 aromatic rings. The van der Waals surface area contributed by atoms with Gasteiger partial charge in [-0.25, -0.2) is 0 Å². The molecule has 1 saturated heterocycles. The Labute approximate surface area is 122 Å². The molecule has 7 heteroatoms. The zero-order chi connectivity index (χ0) is 15.4. The quantitative estimate of drug-likeness (QED) is 0.650. The Morgan fingerprint density at radius 2 is 2.19 bits per heavy atom. The molecule has 1 amide bonds. The summed E-state index contributed by atoms with van der Waals surface area (Å²) in [5, 5.41) is 11.2. The van der Waals surface area contributed by atoms with E-state index in [1.165, 1.54) is 6.07 Å². The van der Waals surface area contributed by atoms with E-state index in [0.29, 0.717) is 31.6 Å². The molecule has 0 spiro atoms. The number of methoxy groups -OCH3 is 1. The number of nitrogens with two attached hydrogens (primary N) is 1. The van der Waals surface area contributed by atoms with E-state index >= 15 is 0 Å². The van der Waals surface area contributed by atoms with Gasteiger partial charge in [-0.1, -0.05) is 18.2 Å². The number of benzene rings is 1. The van der Waals surface area contributed by atoms with Crippen LogP contribution in [0.25, 0.3) is 0 Å². The fraction of sp³-hybridized carbons (Fsp3) is 0.500. The summed E-state index contributed by atoms with van der Waals surface area (Å²) in [6.45, 7) is 0.745. The molecule has 1 aliphatic rings. The number of para-hydroxylation sites is 1. The van der Waals surface area contributed by atoms with Crippen LogP contribution in [0.5, 0.6) is 0 Å². The number of ether oxygens (including phenoxy) is 1. The van der Waals surface area contributed by atoms with Crippen LogP contribution in [-0.4, -0.2) is 42.0 Å². The third-order valence-corrected chi connectivity index (χ3v) is 3.74. The Hall–Kier alpha value is -1.99. The van der Waals surface area contributed by atoms with Gasteiger partial charge in [0.2, 0.25) is 5.91 Å². The first-order valence-electron chi connectivity index (χ1n) is 6.83. The first-order chi connectivity index (χ1) is 10.1. The fourth-order valence-electron chi connectivity index (χ4n) is 2.73. The molecule has 1 fully saturated rings. The number of carbonyl (C=O) groups excluding carboxylic acids is 1. The standard InChI is InChI=1S/C14H19N3O4/c1-21-9-8-16-13(18)7-6-11(15)14(16)10-4-2-3-5-12(10)17(19)20/h2-5,11,14H,6-9,15H2,1H3. The Morgan fingerprint density at radius 3 is 2.86 bits per heavy atom. The lowest BCUT2D eigenvalue weighted by Crippen LogP contribution is -2.50. The number of nitrogens with zero attached hydrogens (tertiary/aromatic N) is 2. The van der Waals surface area contributed by atoms with Crippen LogP contribution >= 0.6 is 0 Å². The summed E-state index contributed by atoms with van der Waals surface area (Å²) >= 11 is 0. The number of nitro benzene ring substituents is 1. The SMILES string of the molecule is COCCN1C(=O)CCC(N)C1c1ccccc1[N+](=O)[O-]. The highest BCUT2D eigenvalue weighted by molar-refractivity contribution is 5.78. The Bertz CT molecular complexity index is 535.